The number of carbonyl (C=O) groups excluding carboxylic acids is 1. The Bertz CT molecular complexity index is 165. The summed E-state index contributed by atoms with van der Waals surface area (Å²) in [6.07, 6.45) is 0.793. The number of hydrogen-bond donors (Lipinski definition) is 3. The molecule has 0 aromatic carbocycles. The van der Waals surface area contributed by atoms with E-state index in [-0.39, 0.29) is 17.9 Å². The highest BCUT2D eigenvalue weighted by Crippen LogP contribution is 2.25. The molecule has 5 heteroatoms. The fourth-order valence-corrected chi connectivity index (χ4v) is 2.50. The van der Waals surface area contributed by atoms with Gasteiger partial charge in [-0.15, -0.1) is 0 Å². The monoisotopic (exact) mass is 190 g/mol. The molecule has 0 aromatic heterocycles. The maximum atomic E-state index is 10.9. The molecule has 0 bridgehead atoms. The Labute approximate surface area is 75.9 Å². The van der Waals surface area contributed by atoms with Crippen molar-refractivity contribution in [2.75, 3.05) is 11.5 Å². The molecule has 1 amide bonds. The summed E-state index contributed by atoms with van der Waals surface area (Å²) in [5.74, 6) is 6.67. The molecule has 1 heterocycles. The third-order valence-corrected chi connectivity index (χ3v) is 3.23. The summed E-state index contributed by atoms with van der Waals surface area (Å²) in [5.41, 5.74) is 2.07. The molecule has 0 aromatic rings. The predicted molar refractivity (Wildman–Crippen MR) is 48.4 cm³/mol. The van der Waals surface area contributed by atoms with E-state index in [4.69, 9.17) is 5.84 Å². The van der Waals surface area contributed by atoms with E-state index >= 15 is 0 Å². The van der Waals surface area contributed by atoms with Crippen molar-refractivity contribution in [2.45, 2.75) is 18.9 Å². The molecule has 4 nitrogen and oxygen atoms in total. The Morgan fingerprint density at radius 3 is 3.08 bits per heavy atom. The Hall–Kier alpha value is -0.260. The Morgan fingerprint density at radius 2 is 2.50 bits per heavy atom. The van der Waals surface area contributed by atoms with Gasteiger partial charge in [0.2, 0.25) is 5.91 Å². The van der Waals surface area contributed by atoms with Crippen LogP contribution in [0.3, 0.4) is 0 Å². The van der Waals surface area contributed by atoms with Crippen LogP contribution in [0.15, 0.2) is 0 Å². The maximum Gasteiger partial charge on any atom is 0.234 e. The summed E-state index contributed by atoms with van der Waals surface area (Å²) in [7, 11) is 0. The molecule has 1 fully saturated rings. The van der Waals surface area contributed by atoms with E-state index in [1.165, 1.54) is 0 Å². The summed E-state index contributed by atoms with van der Waals surface area (Å²) >= 11 is 1.78. The number of nitrogens with one attached hydrogen (secondary N) is 1. The van der Waals surface area contributed by atoms with Crippen molar-refractivity contribution in [3.8, 4) is 0 Å². The smallest absolute Gasteiger partial charge is 0.234 e. The molecule has 70 valence electrons. The SMILES string of the molecule is NNC(=O)CC1CSCCC1O. The van der Waals surface area contributed by atoms with Crippen LogP contribution in [0.25, 0.3) is 0 Å². The van der Waals surface area contributed by atoms with Gasteiger partial charge in [0, 0.05) is 12.3 Å². The molecule has 1 aliphatic rings. The van der Waals surface area contributed by atoms with E-state index in [2.05, 4.69) is 5.43 Å². The summed E-state index contributed by atoms with van der Waals surface area (Å²) in [6.45, 7) is 0. The molecule has 1 saturated heterocycles. The lowest BCUT2D eigenvalue weighted by Gasteiger charge is -2.26. The van der Waals surface area contributed by atoms with Crippen LogP contribution in [0.4, 0.5) is 0 Å². The van der Waals surface area contributed by atoms with Gasteiger partial charge in [0.05, 0.1) is 6.10 Å². The second kappa shape index (κ2) is 4.69. The van der Waals surface area contributed by atoms with Crippen molar-refractivity contribution in [1.82, 2.24) is 5.43 Å². The molecule has 2 atom stereocenters. The molecule has 1 rings (SSSR count). The predicted octanol–water partition coefficient (Wildman–Crippen LogP) is -0.520. The number of amides is 1. The van der Waals surface area contributed by atoms with E-state index < -0.39 is 0 Å². The lowest BCUT2D eigenvalue weighted by Crippen LogP contribution is -2.36. The lowest BCUT2D eigenvalue weighted by molar-refractivity contribution is -0.122. The van der Waals surface area contributed by atoms with Crippen LogP contribution in [-0.2, 0) is 4.79 Å². The van der Waals surface area contributed by atoms with Gasteiger partial charge in [0.15, 0.2) is 0 Å². The fourth-order valence-electron chi connectivity index (χ4n) is 1.28. The quantitative estimate of drug-likeness (QED) is 0.311. The molecular formula is C7H14N2O2S. The molecule has 0 saturated carbocycles. The minimum Gasteiger partial charge on any atom is -0.393 e. The van der Waals surface area contributed by atoms with E-state index in [1.807, 2.05) is 0 Å². The standard InChI is InChI=1S/C7H14N2O2S/c8-9-7(11)3-5-4-12-2-1-6(5)10/h5-6,10H,1-4,8H2,(H,9,11). The lowest BCUT2D eigenvalue weighted by atomic mass is 9.98. The van der Waals surface area contributed by atoms with Crippen molar-refractivity contribution >= 4 is 17.7 Å². The van der Waals surface area contributed by atoms with Crippen LogP contribution < -0.4 is 11.3 Å². The van der Waals surface area contributed by atoms with E-state index in [1.54, 1.807) is 11.8 Å². The first-order valence-corrected chi connectivity index (χ1v) is 5.14. The second-order valence-electron chi connectivity index (χ2n) is 2.96. The van der Waals surface area contributed by atoms with Crippen molar-refractivity contribution in [1.29, 1.82) is 0 Å². The van der Waals surface area contributed by atoms with Gasteiger partial charge < -0.3 is 5.11 Å². The Balaban J connectivity index is 2.33. The van der Waals surface area contributed by atoms with Crippen LogP contribution in [0, 0.1) is 5.92 Å². The van der Waals surface area contributed by atoms with Crippen LogP contribution in [-0.4, -0.2) is 28.6 Å². The molecular weight excluding hydrogens is 176 g/mol. The van der Waals surface area contributed by atoms with Crippen LogP contribution >= 0.6 is 11.8 Å². The second-order valence-corrected chi connectivity index (χ2v) is 4.11. The maximum absolute atomic E-state index is 10.9. The largest absolute Gasteiger partial charge is 0.393 e. The van der Waals surface area contributed by atoms with Crippen molar-refractivity contribution in [3.05, 3.63) is 0 Å². The van der Waals surface area contributed by atoms with Gasteiger partial charge >= 0.3 is 0 Å². The molecule has 1 aliphatic heterocycles. The number of rotatable bonds is 2. The molecule has 12 heavy (non-hydrogen) atoms. The van der Waals surface area contributed by atoms with Crippen LogP contribution in [0.2, 0.25) is 0 Å². The third-order valence-electron chi connectivity index (χ3n) is 2.04. The molecule has 0 aliphatic carbocycles. The fraction of sp³-hybridized carbons (Fsp3) is 0.857. The third kappa shape index (κ3) is 2.66. The first kappa shape index (κ1) is 9.83. The highest BCUT2D eigenvalue weighted by molar-refractivity contribution is 7.99. The zero-order valence-electron chi connectivity index (χ0n) is 6.82. The first-order chi connectivity index (χ1) is 5.74. The van der Waals surface area contributed by atoms with E-state index in [0.717, 1.165) is 17.9 Å². The highest BCUT2D eigenvalue weighted by atomic mass is 32.2. The molecule has 0 radical (unpaired) electrons. The van der Waals surface area contributed by atoms with Crippen LogP contribution in [0.5, 0.6) is 0 Å². The molecule has 0 spiro atoms. The average Bonchev–Trinajstić information content (AvgIpc) is 2.09. The minimum atomic E-state index is -0.330. The van der Waals surface area contributed by atoms with E-state index in [0.29, 0.717) is 6.42 Å². The van der Waals surface area contributed by atoms with Crippen LogP contribution in [0.1, 0.15) is 12.8 Å². The summed E-state index contributed by atoms with van der Waals surface area (Å²) in [6, 6.07) is 0. The number of aliphatic hydroxyl groups excluding tert-OH is 1. The number of hydrogen-bond acceptors (Lipinski definition) is 4. The minimum absolute atomic E-state index is 0.0762. The number of thioether (sulfide) groups is 1. The number of hydrazine groups is 1. The number of nitrogens with two attached hydrogens (primary N) is 1. The van der Waals surface area contributed by atoms with Gasteiger partial charge in [0.25, 0.3) is 0 Å². The molecule has 2 unspecified atom stereocenters. The van der Waals surface area contributed by atoms with Gasteiger partial charge in [-0.3, -0.25) is 10.2 Å². The zero-order valence-corrected chi connectivity index (χ0v) is 7.64. The highest BCUT2D eigenvalue weighted by Gasteiger charge is 2.25. The normalized spacial score (nSPS) is 29.8. The average molecular weight is 190 g/mol. The van der Waals surface area contributed by atoms with Crippen molar-refractivity contribution in [3.63, 3.8) is 0 Å². The van der Waals surface area contributed by atoms with E-state index in [9.17, 15) is 9.90 Å². The topological polar surface area (TPSA) is 75.3 Å². The summed E-state index contributed by atoms with van der Waals surface area (Å²) in [4.78, 5) is 10.9. The van der Waals surface area contributed by atoms with Gasteiger partial charge in [-0.2, -0.15) is 11.8 Å². The zero-order chi connectivity index (χ0) is 8.97. The van der Waals surface area contributed by atoms with Gasteiger partial charge in [-0.25, -0.2) is 5.84 Å². The van der Waals surface area contributed by atoms with Gasteiger partial charge in [-0.1, -0.05) is 0 Å². The summed E-state index contributed by atoms with van der Waals surface area (Å²) < 4.78 is 0. The summed E-state index contributed by atoms with van der Waals surface area (Å²) in [5, 5.41) is 9.48. The molecule has 4 N–H and O–H groups in total. The Morgan fingerprint density at radius 1 is 1.75 bits per heavy atom. The van der Waals surface area contributed by atoms with Crippen molar-refractivity contribution in [2.24, 2.45) is 11.8 Å². The Kier molecular flexibility index (Phi) is 3.84. The van der Waals surface area contributed by atoms with Crippen molar-refractivity contribution < 1.29 is 9.90 Å². The number of aliphatic hydroxyl groups is 1. The van der Waals surface area contributed by atoms with Gasteiger partial charge in [0.1, 0.15) is 0 Å². The first-order valence-electron chi connectivity index (χ1n) is 3.99. The van der Waals surface area contributed by atoms with Gasteiger partial charge in [-0.05, 0) is 17.9 Å². The number of carbonyl (C=O) groups is 1.